The molecule has 0 atom stereocenters. The van der Waals surface area contributed by atoms with Gasteiger partial charge in [-0.05, 0) is 54.6 Å². The van der Waals surface area contributed by atoms with E-state index in [1.165, 1.54) is 73.3 Å². The van der Waals surface area contributed by atoms with Crippen molar-refractivity contribution in [3.05, 3.63) is 218 Å². The van der Waals surface area contributed by atoms with Gasteiger partial charge in [0.1, 0.15) is 11.2 Å². The second-order valence-electron chi connectivity index (χ2n) is 16.7. The number of thiophene rings is 2. The maximum Gasteiger partial charge on any atom is 0.143 e. The van der Waals surface area contributed by atoms with Crippen LogP contribution in [0.25, 0.3) is 112 Å². The molecule has 0 aliphatic heterocycles. The molecule has 3 nitrogen and oxygen atoms in total. The van der Waals surface area contributed by atoms with Gasteiger partial charge in [0, 0.05) is 79.4 Å². The van der Waals surface area contributed by atoms with Crippen LogP contribution in [-0.2, 0) is 0 Å². The van der Waals surface area contributed by atoms with Gasteiger partial charge in [-0.1, -0.05) is 164 Å². The van der Waals surface area contributed by atoms with Crippen LogP contribution in [0, 0.1) is 0 Å². The largest absolute Gasteiger partial charge is 0.455 e. The number of anilines is 3. The third-order valence-electron chi connectivity index (χ3n) is 13.2. The summed E-state index contributed by atoms with van der Waals surface area (Å²) in [4.78, 5) is 2.54. The van der Waals surface area contributed by atoms with Crippen LogP contribution in [0.2, 0.25) is 0 Å². The summed E-state index contributed by atoms with van der Waals surface area (Å²) in [6.45, 7) is 0. The van der Waals surface area contributed by atoms with Crippen molar-refractivity contribution in [1.29, 1.82) is 0 Å². The lowest BCUT2D eigenvalue weighted by atomic mass is 9.96. The van der Waals surface area contributed by atoms with E-state index in [2.05, 4.69) is 222 Å². The fourth-order valence-corrected chi connectivity index (χ4v) is 12.9. The second-order valence-corrected chi connectivity index (χ2v) is 18.8. The first-order chi connectivity index (χ1) is 32.3. The zero-order chi connectivity index (χ0) is 42.6. The van der Waals surface area contributed by atoms with Gasteiger partial charge in [-0.3, -0.25) is 0 Å². The molecule has 0 bridgehead atoms. The molecule has 65 heavy (non-hydrogen) atoms. The molecule has 0 aliphatic rings. The molecule has 0 aliphatic carbocycles. The Morgan fingerprint density at radius 1 is 0.338 bits per heavy atom. The monoisotopic (exact) mass is 864 g/mol. The lowest BCUT2D eigenvalue weighted by molar-refractivity contribution is 0.670. The lowest BCUT2D eigenvalue weighted by Gasteiger charge is -2.29. The zero-order valence-electron chi connectivity index (χ0n) is 34.9. The Hall–Kier alpha value is -7.96. The SMILES string of the molecule is c1ccc(N(c2cccc3c2sc2ccccc23)c2ccc(-c3ccccc3-n3c4ccccc4c4ccccc43)c3sc4ccccc4c23)c(-c2cccc3c2oc2ccccc23)c1. The van der Waals surface area contributed by atoms with Crippen molar-refractivity contribution in [2.45, 2.75) is 0 Å². The second kappa shape index (κ2) is 14.3. The van der Waals surface area contributed by atoms with E-state index >= 15 is 0 Å². The molecule has 0 spiro atoms. The topological polar surface area (TPSA) is 21.3 Å². The first-order valence-electron chi connectivity index (χ1n) is 22.0. The number of furan rings is 1. The summed E-state index contributed by atoms with van der Waals surface area (Å²) in [6.07, 6.45) is 0. The van der Waals surface area contributed by atoms with Gasteiger partial charge in [0.2, 0.25) is 0 Å². The molecule has 5 heteroatoms. The molecular formula is C60H36N2OS2. The highest BCUT2D eigenvalue weighted by atomic mass is 32.1. The minimum Gasteiger partial charge on any atom is -0.455 e. The number of para-hydroxylation sites is 6. The van der Waals surface area contributed by atoms with Crippen LogP contribution in [0.5, 0.6) is 0 Å². The van der Waals surface area contributed by atoms with Gasteiger partial charge in [-0.2, -0.15) is 0 Å². The fourth-order valence-electron chi connectivity index (χ4n) is 10.4. The third kappa shape index (κ3) is 5.40. The Balaban J connectivity index is 1.08. The number of rotatable bonds is 6. The van der Waals surface area contributed by atoms with Crippen LogP contribution < -0.4 is 4.90 Å². The minimum absolute atomic E-state index is 0.891. The molecule has 14 rings (SSSR count). The van der Waals surface area contributed by atoms with Gasteiger partial charge in [-0.15, -0.1) is 22.7 Å². The van der Waals surface area contributed by atoms with E-state index in [0.717, 1.165) is 55.8 Å². The number of hydrogen-bond donors (Lipinski definition) is 0. The predicted molar refractivity (Wildman–Crippen MR) is 279 cm³/mol. The fraction of sp³-hybridized carbons (Fsp3) is 0. The van der Waals surface area contributed by atoms with Crippen molar-refractivity contribution in [2.75, 3.05) is 4.90 Å². The lowest BCUT2D eigenvalue weighted by Crippen LogP contribution is -2.12. The van der Waals surface area contributed by atoms with Crippen molar-refractivity contribution in [3.8, 4) is 27.9 Å². The Bertz CT molecular complexity index is 4170. The molecule has 0 fully saturated rings. The van der Waals surface area contributed by atoms with Gasteiger partial charge in [0.05, 0.1) is 38.5 Å². The van der Waals surface area contributed by atoms with Gasteiger partial charge in [-0.25, -0.2) is 0 Å². The summed E-state index contributed by atoms with van der Waals surface area (Å²) >= 11 is 3.75. The molecule has 4 aromatic heterocycles. The molecule has 0 radical (unpaired) electrons. The summed E-state index contributed by atoms with van der Waals surface area (Å²) in [5.74, 6) is 0. The van der Waals surface area contributed by atoms with Crippen LogP contribution in [0.15, 0.2) is 223 Å². The van der Waals surface area contributed by atoms with Crippen molar-refractivity contribution in [1.82, 2.24) is 4.57 Å². The van der Waals surface area contributed by atoms with E-state index in [4.69, 9.17) is 4.42 Å². The Labute approximate surface area is 381 Å². The molecule has 0 N–H and O–H groups in total. The van der Waals surface area contributed by atoms with Crippen molar-refractivity contribution in [2.24, 2.45) is 0 Å². The Morgan fingerprint density at radius 3 is 1.71 bits per heavy atom. The van der Waals surface area contributed by atoms with Gasteiger partial charge >= 0.3 is 0 Å². The average molecular weight is 865 g/mol. The van der Waals surface area contributed by atoms with E-state index in [1.54, 1.807) is 0 Å². The highest BCUT2D eigenvalue weighted by Gasteiger charge is 2.27. The van der Waals surface area contributed by atoms with Crippen LogP contribution in [-0.4, -0.2) is 4.57 Å². The number of fused-ring (bicyclic) bond motifs is 12. The molecular weight excluding hydrogens is 829 g/mol. The number of aromatic nitrogens is 1. The summed E-state index contributed by atoms with van der Waals surface area (Å²) < 4.78 is 14.2. The summed E-state index contributed by atoms with van der Waals surface area (Å²) in [6, 6.07) is 79.6. The molecule has 4 heterocycles. The quantitative estimate of drug-likeness (QED) is 0.166. The standard InChI is InChI=1S/C60H36N2OS2/c1-8-27-48-37(17-1)38-18-2-9-28-49(38)61(48)51-30-11-4-20-40(51)46-35-36-52(57-47-23-7-14-34-56(47)65-60(46)57)62(53-31-16-26-45-42-22-6-13-33-55(42)64-59(45)53)50-29-10-3-19-39(50)43-24-15-25-44-41-21-5-12-32-54(41)63-58(43)44/h1-36H. The van der Waals surface area contributed by atoms with Crippen LogP contribution in [0.1, 0.15) is 0 Å². The molecule has 14 aromatic rings. The Morgan fingerprint density at radius 2 is 0.892 bits per heavy atom. The summed E-state index contributed by atoms with van der Waals surface area (Å²) in [5.41, 5.74) is 13.3. The maximum absolute atomic E-state index is 6.75. The highest BCUT2D eigenvalue weighted by molar-refractivity contribution is 7.27. The van der Waals surface area contributed by atoms with E-state index in [1.807, 2.05) is 28.7 Å². The van der Waals surface area contributed by atoms with E-state index < -0.39 is 0 Å². The molecule has 0 saturated carbocycles. The minimum atomic E-state index is 0.891. The summed E-state index contributed by atoms with van der Waals surface area (Å²) in [7, 11) is 0. The third-order valence-corrected chi connectivity index (χ3v) is 15.6. The van der Waals surface area contributed by atoms with Gasteiger partial charge in [0.25, 0.3) is 0 Å². The average Bonchev–Trinajstić information content (AvgIpc) is 4.14. The zero-order valence-corrected chi connectivity index (χ0v) is 36.5. The number of benzene rings is 10. The highest BCUT2D eigenvalue weighted by Crippen LogP contribution is 2.53. The molecule has 0 unspecified atom stereocenters. The number of hydrogen-bond acceptors (Lipinski definition) is 4. The molecule has 0 amide bonds. The van der Waals surface area contributed by atoms with Crippen molar-refractivity contribution in [3.63, 3.8) is 0 Å². The first kappa shape index (κ1) is 36.5. The van der Waals surface area contributed by atoms with Crippen molar-refractivity contribution >= 4 is 124 Å². The molecule has 10 aromatic carbocycles. The van der Waals surface area contributed by atoms with Gasteiger partial charge < -0.3 is 13.9 Å². The van der Waals surface area contributed by atoms with E-state index in [9.17, 15) is 0 Å². The first-order valence-corrected chi connectivity index (χ1v) is 23.6. The smallest absolute Gasteiger partial charge is 0.143 e. The molecule has 304 valence electrons. The number of nitrogens with zero attached hydrogens (tertiary/aromatic N) is 2. The van der Waals surface area contributed by atoms with Crippen LogP contribution in [0.4, 0.5) is 17.1 Å². The predicted octanol–water partition coefficient (Wildman–Crippen LogP) is 18.2. The van der Waals surface area contributed by atoms with E-state index in [-0.39, 0.29) is 0 Å². The van der Waals surface area contributed by atoms with E-state index in [0.29, 0.717) is 0 Å². The normalized spacial score (nSPS) is 12.0. The molecule has 0 saturated heterocycles. The van der Waals surface area contributed by atoms with Crippen LogP contribution in [0.3, 0.4) is 0 Å². The summed E-state index contributed by atoms with van der Waals surface area (Å²) in [5, 5.41) is 9.75. The van der Waals surface area contributed by atoms with Gasteiger partial charge in [0.15, 0.2) is 0 Å². The maximum atomic E-state index is 6.75. The van der Waals surface area contributed by atoms with Crippen molar-refractivity contribution < 1.29 is 4.42 Å². The Kier molecular flexibility index (Phi) is 8.02. The van der Waals surface area contributed by atoms with Crippen LogP contribution >= 0.6 is 22.7 Å².